The van der Waals surface area contributed by atoms with Gasteiger partial charge in [-0.25, -0.2) is 0 Å². The van der Waals surface area contributed by atoms with Crippen molar-refractivity contribution in [2.45, 2.75) is 33.1 Å². The molecule has 0 radical (unpaired) electrons. The highest BCUT2D eigenvalue weighted by Gasteiger charge is 2.15. The van der Waals surface area contributed by atoms with E-state index in [1.807, 2.05) is 7.05 Å². The third-order valence-corrected chi connectivity index (χ3v) is 3.66. The molecular weight excluding hydrogens is 236 g/mol. The number of fused-ring (bicyclic) bond motifs is 1. The summed E-state index contributed by atoms with van der Waals surface area (Å²) in [5.41, 5.74) is 5.26. The summed E-state index contributed by atoms with van der Waals surface area (Å²) in [6.45, 7) is 7.59. The largest absolute Gasteiger partial charge is 0.497 e. The number of benzene rings is 1. The number of likely N-dealkylation sites (N-methyl/N-ethyl adjacent to an activating group) is 1. The van der Waals surface area contributed by atoms with Crippen LogP contribution in [0, 0.1) is 6.92 Å². The van der Waals surface area contributed by atoms with Crippen LogP contribution in [0.15, 0.2) is 12.1 Å². The van der Waals surface area contributed by atoms with Crippen LogP contribution in [0.2, 0.25) is 0 Å². The highest BCUT2D eigenvalue weighted by molar-refractivity contribution is 5.89. The second-order valence-corrected chi connectivity index (χ2v) is 5.39. The quantitative estimate of drug-likeness (QED) is 0.865. The van der Waals surface area contributed by atoms with Gasteiger partial charge in [-0.2, -0.15) is 0 Å². The molecule has 0 atom stereocenters. The van der Waals surface area contributed by atoms with Gasteiger partial charge in [0.2, 0.25) is 0 Å². The van der Waals surface area contributed by atoms with Crippen molar-refractivity contribution < 1.29 is 4.74 Å². The van der Waals surface area contributed by atoms with E-state index >= 15 is 0 Å². The zero-order chi connectivity index (χ0) is 14.0. The highest BCUT2D eigenvalue weighted by Crippen LogP contribution is 2.32. The molecule has 2 aromatic rings. The molecule has 1 aromatic carbocycles. The van der Waals surface area contributed by atoms with Crippen LogP contribution < -0.4 is 10.1 Å². The van der Waals surface area contributed by atoms with Crippen molar-refractivity contribution in [3.05, 3.63) is 29.0 Å². The van der Waals surface area contributed by atoms with E-state index in [1.165, 1.54) is 27.7 Å². The maximum Gasteiger partial charge on any atom is 0.119 e. The number of aromatic nitrogens is 1. The summed E-state index contributed by atoms with van der Waals surface area (Å²) in [6, 6.07) is 4.24. The third kappa shape index (κ3) is 2.61. The fourth-order valence-electron chi connectivity index (χ4n) is 2.64. The number of ether oxygens (including phenoxy) is 1. The first-order chi connectivity index (χ1) is 9.08. The Bertz CT molecular complexity index is 570. The third-order valence-electron chi connectivity index (χ3n) is 3.66. The van der Waals surface area contributed by atoms with Crippen molar-refractivity contribution in [1.82, 2.24) is 10.3 Å². The number of methoxy groups -OCH3 is 1. The molecule has 0 amide bonds. The summed E-state index contributed by atoms with van der Waals surface area (Å²) in [5, 5.41) is 4.54. The predicted octanol–water partition coefficient (Wildman–Crippen LogP) is 3.37. The van der Waals surface area contributed by atoms with Gasteiger partial charge < -0.3 is 15.0 Å². The number of aryl methyl sites for hydroxylation is 1. The Labute approximate surface area is 115 Å². The fraction of sp³-hybridized carbons (Fsp3) is 0.500. The van der Waals surface area contributed by atoms with Gasteiger partial charge in [-0.05, 0) is 56.1 Å². The van der Waals surface area contributed by atoms with Crippen LogP contribution in [0.1, 0.15) is 36.6 Å². The maximum atomic E-state index is 5.40. The smallest absolute Gasteiger partial charge is 0.119 e. The van der Waals surface area contributed by atoms with Crippen molar-refractivity contribution in [3.63, 3.8) is 0 Å². The van der Waals surface area contributed by atoms with Gasteiger partial charge >= 0.3 is 0 Å². The van der Waals surface area contributed by atoms with Gasteiger partial charge in [0, 0.05) is 16.6 Å². The molecule has 0 fully saturated rings. The van der Waals surface area contributed by atoms with Gasteiger partial charge in [0.05, 0.1) is 7.11 Å². The van der Waals surface area contributed by atoms with Crippen LogP contribution >= 0.6 is 0 Å². The van der Waals surface area contributed by atoms with Crippen LogP contribution in [0.3, 0.4) is 0 Å². The van der Waals surface area contributed by atoms with Crippen molar-refractivity contribution in [2.24, 2.45) is 0 Å². The zero-order valence-corrected chi connectivity index (χ0v) is 12.6. The lowest BCUT2D eigenvalue weighted by molar-refractivity contribution is 0.415. The number of aromatic amines is 1. The van der Waals surface area contributed by atoms with E-state index in [0.717, 1.165) is 18.7 Å². The molecule has 104 valence electrons. The van der Waals surface area contributed by atoms with Gasteiger partial charge in [-0.1, -0.05) is 13.8 Å². The molecular formula is C16H24N2O. The predicted molar refractivity (Wildman–Crippen MR) is 81.3 cm³/mol. The number of H-pyrrole nitrogens is 1. The Morgan fingerprint density at radius 3 is 2.63 bits per heavy atom. The van der Waals surface area contributed by atoms with Crippen LogP contribution in [0.5, 0.6) is 5.75 Å². The molecule has 1 heterocycles. The van der Waals surface area contributed by atoms with E-state index in [2.05, 4.69) is 43.2 Å². The zero-order valence-electron chi connectivity index (χ0n) is 12.6. The number of rotatable bonds is 5. The molecule has 19 heavy (non-hydrogen) atoms. The summed E-state index contributed by atoms with van der Waals surface area (Å²) < 4.78 is 5.40. The molecule has 0 unspecified atom stereocenters. The van der Waals surface area contributed by atoms with E-state index in [4.69, 9.17) is 4.74 Å². The van der Waals surface area contributed by atoms with E-state index in [9.17, 15) is 0 Å². The molecule has 3 heteroatoms. The van der Waals surface area contributed by atoms with Gasteiger partial charge in [0.25, 0.3) is 0 Å². The summed E-state index contributed by atoms with van der Waals surface area (Å²) in [4.78, 5) is 3.61. The molecule has 0 spiro atoms. The molecule has 0 saturated carbocycles. The van der Waals surface area contributed by atoms with Crippen molar-refractivity contribution in [3.8, 4) is 5.75 Å². The standard InChI is InChI=1S/C16H24N2O/c1-10(2)15-13(6-7-17-4)14-9-12(19-5)8-11(3)16(14)18-15/h8-10,17-18H,6-7H2,1-5H3. The SMILES string of the molecule is CNCCc1c(C(C)C)[nH]c2c(C)cc(OC)cc12. The van der Waals surface area contributed by atoms with Crippen molar-refractivity contribution in [1.29, 1.82) is 0 Å². The molecule has 1 aromatic heterocycles. The van der Waals surface area contributed by atoms with Gasteiger partial charge in [-0.15, -0.1) is 0 Å². The van der Waals surface area contributed by atoms with E-state index in [0.29, 0.717) is 5.92 Å². The molecule has 2 N–H and O–H groups in total. The van der Waals surface area contributed by atoms with E-state index in [1.54, 1.807) is 7.11 Å². The minimum absolute atomic E-state index is 0.504. The average Bonchev–Trinajstić information content (AvgIpc) is 2.75. The normalized spacial score (nSPS) is 11.5. The lowest BCUT2D eigenvalue weighted by atomic mass is 10.00. The minimum atomic E-state index is 0.504. The fourth-order valence-corrected chi connectivity index (χ4v) is 2.64. The summed E-state index contributed by atoms with van der Waals surface area (Å²) in [7, 11) is 3.72. The van der Waals surface area contributed by atoms with Gasteiger partial charge in [0.1, 0.15) is 5.75 Å². The highest BCUT2D eigenvalue weighted by atomic mass is 16.5. The lowest BCUT2D eigenvalue weighted by Gasteiger charge is -2.08. The first-order valence-corrected chi connectivity index (χ1v) is 6.92. The Balaban J connectivity index is 2.64. The van der Waals surface area contributed by atoms with E-state index in [-0.39, 0.29) is 0 Å². The Kier molecular flexibility index (Phi) is 4.15. The summed E-state index contributed by atoms with van der Waals surface area (Å²) in [6.07, 6.45) is 1.04. The van der Waals surface area contributed by atoms with Crippen LogP contribution in [0.25, 0.3) is 10.9 Å². The number of nitrogens with one attached hydrogen (secondary N) is 2. The van der Waals surface area contributed by atoms with Crippen LogP contribution in [0.4, 0.5) is 0 Å². The Hall–Kier alpha value is -1.48. The maximum absolute atomic E-state index is 5.40. The van der Waals surface area contributed by atoms with Crippen molar-refractivity contribution in [2.75, 3.05) is 20.7 Å². The van der Waals surface area contributed by atoms with Crippen LogP contribution in [-0.4, -0.2) is 25.7 Å². The molecule has 3 nitrogen and oxygen atoms in total. The molecule has 0 aliphatic carbocycles. The Morgan fingerprint density at radius 1 is 1.32 bits per heavy atom. The summed E-state index contributed by atoms with van der Waals surface area (Å²) >= 11 is 0. The van der Waals surface area contributed by atoms with Crippen LogP contribution in [-0.2, 0) is 6.42 Å². The summed E-state index contributed by atoms with van der Waals surface area (Å²) in [5.74, 6) is 1.44. The average molecular weight is 260 g/mol. The van der Waals surface area contributed by atoms with Gasteiger partial charge in [0.15, 0.2) is 0 Å². The minimum Gasteiger partial charge on any atom is -0.497 e. The topological polar surface area (TPSA) is 37.0 Å². The molecule has 0 bridgehead atoms. The number of hydrogen-bond acceptors (Lipinski definition) is 2. The molecule has 0 aliphatic heterocycles. The molecule has 0 saturated heterocycles. The van der Waals surface area contributed by atoms with Crippen molar-refractivity contribution >= 4 is 10.9 Å². The monoisotopic (exact) mass is 260 g/mol. The first-order valence-electron chi connectivity index (χ1n) is 6.92. The lowest BCUT2D eigenvalue weighted by Crippen LogP contribution is -2.11. The van der Waals surface area contributed by atoms with Gasteiger partial charge in [-0.3, -0.25) is 0 Å². The first kappa shape index (κ1) is 13.9. The second kappa shape index (κ2) is 5.66. The number of hydrogen-bond donors (Lipinski definition) is 2. The second-order valence-electron chi connectivity index (χ2n) is 5.39. The molecule has 0 aliphatic rings. The molecule has 2 rings (SSSR count). The Morgan fingerprint density at radius 2 is 2.05 bits per heavy atom. The van der Waals surface area contributed by atoms with E-state index < -0.39 is 0 Å².